The van der Waals surface area contributed by atoms with Crippen molar-refractivity contribution >= 4 is 6.03 Å². The zero-order valence-electron chi connectivity index (χ0n) is 11.1. The molecule has 2 atom stereocenters. The quantitative estimate of drug-likeness (QED) is 0.788. The highest BCUT2D eigenvalue weighted by Crippen LogP contribution is 2.16. The molecule has 0 radical (unpaired) electrons. The third-order valence-corrected chi connectivity index (χ3v) is 3.92. The molecule has 2 amide bonds. The van der Waals surface area contributed by atoms with Gasteiger partial charge in [0.1, 0.15) is 0 Å². The molecule has 3 nitrogen and oxygen atoms in total. The summed E-state index contributed by atoms with van der Waals surface area (Å²) < 4.78 is 0. The molecule has 1 fully saturated rings. The average molecular weight is 226 g/mol. The molecule has 1 aliphatic heterocycles. The Morgan fingerprint density at radius 1 is 1.38 bits per heavy atom. The summed E-state index contributed by atoms with van der Waals surface area (Å²) in [6.45, 7) is 10.5. The molecule has 0 aliphatic carbocycles. The maximum absolute atomic E-state index is 12.0. The molecule has 0 saturated carbocycles. The number of hydrogen-bond donors (Lipinski definition) is 1. The van der Waals surface area contributed by atoms with Crippen LogP contribution in [0.15, 0.2) is 0 Å². The van der Waals surface area contributed by atoms with Gasteiger partial charge < -0.3 is 10.2 Å². The molecule has 1 rings (SSSR count). The molecule has 1 N–H and O–H groups in total. The Labute approximate surface area is 99.6 Å². The van der Waals surface area contributed by atoms with Gasteiger partial charge >= 0.3 is 6.03 Å². The summed E-state index contributed by atoms with van der Waals surface area (Å²) in [6, 6.07) is 0.400. The Morgan fingerprint density at radius 2 is 1.94 bits per heavy atom. The van der Waals surface area contributed by atoms with E-state index in [1.807, 2.05) is 4.90 Å². The van der Waals surface area contributed by atoms with Crippen molar-refractivity contribution in [2.24, 2.45) is 11.8 Å². The second kappa shape index (κ2) is 6.12. The van der Waals surface area contributed by atoms with Crippen molar-refractivity contribution in [3.05, 3.63) is 0 Å². The van der Waals surface area contributed by atoms with E-state index in [2.05, 4.69) is 33.0 Å². The lowest BCUT2D eigenvalue weighted by molar-refractivity contribution is 0.168. The first-order valence-corrected chi connectivity index (χ1v) is 6.60. The van der Waals surface area contributed by atoms with Crippen LogP contribution in [0.2, 0.25) is 0 Å². The molecular formula is C13H26N2O. The number of nitrogens with one attached hydrogen (secondary N) is 1. The molecule has 1 aliphatic rings. The van der Waals surface area contributed by atoms with Crippen molar-refractivity contribution < 1.29 is 4.79 Å². The van der Waals surface area contributed by atoms with Crippen molar-refractivity contribution in [3.63, 3.8) is 0 Å². The maximum Gasteiger partial charge on any atom is 0.317 e. The highest BCUT2D eigenvalue weighted by Gasteiger charge is 2.22. The summed E-state index contributed by atoms with van der Waals surface area (Å²) in [5, 5.41) is 3.10. The molecule has 0 aromatic carbocycles. The molecule has 0 aromatic heterocycles. The van der Waals surface area contributed by atoms with E-state index in [1.165, 1.54) is 0 Å². The lowest BCUT2D eigenvalue weighted by Crippen LogP contribution is -2.48. The van der Waals surface area contributed by atoms with E-state index < -0.39 is 0 Å². The van der Waals surface area contributed by atoms with E-state index in [1.54, 1.807) is 0 Å². The Kier molecular flexibility index (Phi) is 5.10. The minimum atomic E-state index is 0.125. The third-order valence-electron chi connectivity index (χ3n) is 3.92. The van der Waals surface area contributed by atoms with Crippen molar-refractivity contribution in [2.45, 2.75) is 53.0 Å². The van der Waals surface area contributed by atoms with Crippen molar-refractivity contribution in [1.29, 1.82) is 0 Å². The highest BCUT2D eigenvalue weighted by molar-refractivity contribution is 5.74. The molecule has 94 valence electrons. The smallest absolute Gasteiger partial charge is 0.317 e. The number of likely N-dealkylation sites (tertiary alicyclic amines) is 1. The highest BCUT2D eigenvalue weighted by atomic mass is 16.2. The molecule has 1 saturated heterocycles. The minimum absolute atomic E-state index is 0.125. The summed E-state index contributed by atoms with van der Waals surface area (Å²) in [4.78, 5) is 13.9. The second-order valence-electron chi connectivity index (χ2n) is 5.29. The number of nitrogens with zero attached hydrogens (tertiary/aromatic N) is 1. The van der Waals surface area contributed by atoms with Crippen LogP contribution in [0.5, 0.6) is 0 Å². The van der Waals surface area contributed by atoms with Gasteiger partial charge in [0.25, 0.3) is 0 Å². The molecule has 16 heavy (non-hydrogen) atoms. The fourth-order valence-corrected chi connectivity index (χ4v) is 1.99. The molecule has 1 heterocycles. The first-order valence-electron chi connectivity index (χ1n) is 6.60. The first-order chi connectivity index (χ1) is 7.54. The van der Waals surface area contributed by atoms with Crippen molar-refractivity contribution in [2.75, 3.05) is 13.1 Å². The van der Waals surface area contributed by atoms with E-state index in [0.717, 1.165) is 38.3 Å². The number of carbonyl (C=O) groups excluding carboxylic acids is 1. The minimum Gasteiger partial charge on any atom is -0.335 e. The summed E-state index contributed by atoms with van der Waals surface area (Å²) in [6.07, 6.45) is 3.40. The standard InChI is InChI=1S/C13H26N2O/c1-5-11(3)12(4)14-13(16)15-8-6-10(2)7-9-15/h10-12H,5-9H2,1-4H3,(H,14,16). The van der Waals surface area contributed by atoms with Crippen LogP contribution in [0.1, 0.15) is 47.0 Å². The van der Waals surface area contributed by atoms with Crippen LogP contribution < -0.4 is 5.32 Å². The number of carbonyl (C=O) groups is 1. The van der Waals surface area contributed by atoms with Crippen molar-refractivity contribution in [3.8, 4) is 0 Å². The predicted octanol–water partition coefficient (Wildman–Crippen LogP) is 2.86. The van der Waals surface area contributed by atoms with Crippen LogP contribution in [0, 0.1) is 11.8 Å². The molecule has 2 unspecified atom stereocenters. The molecule has 0 spiro atoms. The van der Waals surface area contributed by atoms with Gasteiger partial charge in [-0.2, -0.15) is 0 Å². The van der Waals surface area contributed by atoms with Crippen molar-refractivity contribution in [1.82, 2.24) is 10.2 Å². The van der Waals surface area contributed by atoms with E-state index in [9.17, 15) is 4.79 Å². The Balaban J connectivity index is 2.34. The SMILES string of the molecule is CCC(C)C(C)NC(=O)N1CCC(C)CC1. The fourth-order valence-electron chi connectivity index (χ4n) is 1.99. The van der Waals surface area contributed by atoms with Gasteiger partial charge in [-0.15, -0.1) is 0 Å². The van der Waals surface area contributed by atoms with Gasteiger partial charge in [0.15, 0.2) is 0 Å². The van der Waals surface area contributed by atoms with Crippen LogP contribution in [0.4, 0.5) is 4.79 Å². The van der Waals surface area contributed by atoms with Gasteiger partial charge in [-0.3, -0.25) is 0 Å². The van der Waals surface area contributed by atoms with Crippen LogP contribution in [-0.4, -0.2) is 30.1 Å². The van der Waals surface area contributed by atoms with Gasteiger partial charge in [0, 0.05) is 19.1 Å². The number of amides is 2. The Morgan fingerprint density at radius 3 is 2.44 bits per heavy atom. The van der Waals surface area contributed by atoms with Crippen LogP contribution in [0.3, 0.4) is 0 Å². The first kappa shape index (κ1) is 13.3. The maximum atomic E-state index is 12.0. The average Bonchev–Trinajstić information content (AvgIpc) is 2.28. The lowest BCUT2D eigenvalue weighted by atomic mass is 9.99. The monoisotopic (exact) mass is 226 g/mol. The Bertz CT molecular complexity index is 222. The van der Waals surface area contributed by atoms with E-state index in [0.29, 0.717) is 5.92 Å². The number of rotatable bonds is 3. The predicted molar refractivity (Wildman–Crippen MR) is 67.4 cm³/mol. The van der Waals surface area contributed by atoms with E-state index in [-0.39, 0.29) is 12.1 Å². The molecular weight excluding hydrogens is 200 g/mol. The zero-order chi connectivity index (χ0) is 12.1. The van der Waals surface area contributed by atoms with Gasteiger partial charge in [-0.25, -0.2) is 4.79 Å². The summed E-state index contributed by atoms with van der Waals surface area (Å²) in [5.41, 5.74) is 0. The largest absolute Gasteiger partial charge is 0.335 e. The number of piperidine rings is 1. The van der Waals surface area contributed by atoms with Crippen LogP contribution in [-0.2, 0) is 0 Å². The summed E-state index contributed by atoms with van der Waals surface area (Å²) >= 11 is 0. The zero-order valence-corrected chi connectivity index (χ0v) is 11.1. The van der Waals surface area contributed by atoms with Crippen LogP contribution >= 0.6 is 0 Å². The molecule has 3 heteroatoms. The molecule has 0 bridgehead atoms. The van der Waals surface area contributed by atoms with Gasteiger partial charge in [-0.05, 0) is 31.6 Å². The van der Waals surface area contributed by atoms with Gasteiger partial charge in [0.2, 0.25) is 0 Å². The van der Waals surface area contributed by atoms with E-state index >= 15 is 0 Å². The Hall–Kier alpha value is -0.730. The van der Waals surface area contributed by atoms with Gasteiger partial charge in [0.05, 0.1) is 0 Å². The normalized spacial score (nSPS) is 21.6. The third kappa shape index (κ3) is 3.69. The lowest BCUT2D eigenvalue weighted by Gasteiger charge is -2.32. The topological polar surface area (TPSA) is 32.3 Å². The summed E-state index contributed by atoms with van der Waals surface area (Å²) in [5.74, 6) is 1.32. The molecule has 0 aromatic rings. The van der Waals surface area contributed by atoms with Gasteiger partial charge in [-0.1, -0.05) is 27.2 Å². The summed E-state index contributed by atoms with van der Waals surface area (Å²) in [7, 11) is 0. The van der Waals surface area contributed by atoms with E-state index in [4.69, 9.17) is 0 Å². The number of hydrogen-bond acceptors (Lipinski definition) is 1. The van der Waals surface area contributed by atoms with Crippen LogP contribution in [0.25, 0.3) is 0 Å². The number of urea groups is 1. The fraction of sp³-hybridized carbons (Fsp3) is 0.923. The second-order valence-corrected chi connectivity index (χ2v) is 5.29.